The molecule has 1 N–H and O–H groups in total. The SMILES string of the molecule is Cc1cc(NCc2cc(C#N)ccc2F)ccc1C(=O)N(C)C. The first-order valence-corrected chi connectivity index (χ1v) is 7.17. The maximum Gasteiger partial charge on any atom is 0.253 e. The second kappa shape index (κ2) is 6.93. The van der Waals surface area contributed by atoms with Crippen LogP contribution < -0.4 is 5.32 Å². The summed E-state index contributed by atoms with van der Waals surface area (Å²) in [5.74, 6) is -0.408. The number of amides is 1. The highest BCUT2D eigenvalue weighted by Crippen LogP contribution is 2.18. The van der Waals surface area contributed by atoms with Gasteiger partial charge < -0.3 is 10.2 Å². The summed E-state index contributed by atoms with van der Waals surface area (Å²) in [6.07, 6.45) is 0. The average Bonchev–Trinajstić information content (AvgIpc) is 2.53. The number of rotatable bonds is 4. The first kappa shape index (κ1) is 16.5. The average molecular weight is 311 g/mol. The molecule has 118 valence electrons. The molecule has 0 aliphatic rings. The molecule has 0 radical (unpaired) electrons. The normalized spacial score (nSPS) is 10.0. The van der Waals surface area contributed by atoms with E-state index in [1.165, 1.54) is 23.1 Å². The van der Waals surface area contributed by atoms with Gasteiger partial charge in [0.05, 0.1) is 11.6 Å². The van der Waals surface area contributed by atoms with E-state index in [2.05, 4.69) is 5.32 Å². The fourth-order valence-electron chi connectivity index (χ4n) is 2.23. The third-order valence-electron chi connectivity index (χ3n) is 3.52. The Hall–Kier alpha value is -2.87. The monoisotopic (exact) mass is 311 g/mol. The zero-order valence-corrected chi connectivity index (χ0v) is 13.4. The first-order valence-electron chi connectivity index (χ1n) is 7.17. The summed E-state index contributed by atoms with van der Waals surface area (Å²) >= 11 is 0. The van der Waals surface area contributed by atoms with Crippen molar-refractivity contribution in [3.8, 4) is 6.07 Å². The van der Waals surface area contributed by atoms with Gasteiger partial charge in [-0.25, -0.2) is 4.39 Å². The van der Waals surface area contributed by atoms with Crippen LogP contribution in [0.2, 0.25) is 0 Å². The number of aryl methyl sites for hydroxylation is 1. The van der Waals surface area contributed by atoms with Crippen molar-refractivity contribution in [2.45, 2.75) is 13.5 Å². The van der Waals surface area contributed by atoms with Gasteiger partial charge in [-0.1, -0.05) is 0 Å². The van der Waals surface area contributed by atoms with Gasteiger partial charge in [0.15, 0.2) is 0 Å². The predicted octanol–water partition coefficient (Wildman–Crippen LogP) is 3.32. The largest absolute Gasteiger partial charge is 0.381 e. The second-order valence-corrected chi connectivity index (χ2v) is 5.50. The molecule has 2 aromatic carbocycles. The van der Waals surface area contributed by atoms with Crippen molar-refractivity contribution in [2.75, 3.05) is 19.4 Å². The van der Waals surface area contributed by atoms with E-state index >= 15 is 0 Å². The number of hydrogen-bond acceptors (Lipinski definition) is 3. The molecule has 5 heteroatoms. The van der Waals surface area contributed by atoms with E-state index in [1.54, 1.807) is 26.2 Å². The van der Waals surface area contributed by atoms with Gasteiger partial charge in [0.25, 0.3) is 5.91 Å². The van der Waals surface area contributed by atoms with Gasteiger partial charge in [0, 0.05) is 37.5 Å². The predicted molar refractivity (Wildman–Crippen MR) is 87.6 cm³/mol. The molecule has 0 spiro atoms. The third-order valence-corrected chi connectivity index (χ3v) is 3.52. The van der Waals surface area contributed by atoms with E-state index in [0.717, 1.165) is 11.3 Å². The van der Waals surface area contributed by atoms with Crippen molar-refractivity contribution < 1.29 is 9.18 Å². The van der Waals surface area contributed by atoms with E-state index in [4.69, 9.17) is 5.26 Å². The smallest absolute Gasteiger partial charge is 0.253 e. The standard InChI is InChI=1S/C18H18FN3O/c1-12-8-15(5-6-16(12)18(23)22(2)3)21-11-14-9-13(10-20)4-7-17(14)19/h4-9,21H,11H2,1-3H3. The van der Waals surface area contributed by atoms with E-state index in [-0.39, 0.29) is 18.3 Å². The van der Waals surface area contributed by atoms with Gasteiger partial charge in [0.2, 0.25) is 0 Å². The summed E-state index contributed by atoms with van der Waals surface area (Å²) in [5, 5.41) is 12.0. The maximum atomic E-state index is 13.7. The van der Waals surface area contributed by atoms with Gasteiger partial charge in [0.1, 0.15) is 5.82 Å². The molecular weight excluding hydrogens is 293 g/mol. The van der Waals surface area contributed by atoms with E-state index < -0.39 is 0 Å². The number of anilines is 1. The molecule has 0 fully saturated rings. The molecular formula is C18H18FN3O. The van der Waals surface area contributed by atoms with Crippen molar-refractivity contribution in [3.63, 3.8) is 0 Å². The third kappa shape index (κ3) is 3.86. The summed E-state index contributed by atoms with van der Waals surface area (Å²) in [6.45, 7) is 2.13. The van der Waals surface area contributed by atoms with Crippen LogP contribution in [-0.2, 0) is 6.54 Å². The molecule has 0 unspecified atom stereocenters. The Kier molecular flexibility index (Phi) is 4.97. The van der Waals surface area contributed by atoms with Gasteiger partial charge in [-0.2, -0.15) is 5.26 Å². The minimum Gasteiger partial charge on any atom is -0.381 e. The van der Waals surface area contributed by atoms with Crippen LogP contribution in [0.15, 0.2) is 36.4 Å². The maximum absolute atomic E-state index is 13.7. The van der Waals surface area contributed by atoms with Crippen LogP contribution in [0.3, 0.4) is 0 Å². The molecule has 23 heavy (non-hydrogen) atoms. The molecule has 2 aromatic rings. The highest BCUT2D eigenvalue weighted by molar-refractivity contribution is 5.95. The molecule has 0 aliphatic heterocycles. The summed E-state index contributed by atoms with van der Waals surface area (Å²) < 4.78 is 13.7. The number of carbonyl (C=O) groups excluding carboxylic acids is 1. The van der Waals surface area contributed by atoms with Crippen LogP contribution in [0, 0.1) is 24.1 Å². The van der Waals surface area contributed by atoms with Gasteiger partial charge in [-0.15, -0.1) is 0 Å². The lowest BCUT2D eigenvalue weighted by Crippen LogP contribution is -2.22. The summed E-state index contributed by atoms with van der Waals surface area (Å²) in [6, 6.07) is 11.7. The van der Waals surface area contributed by atoms with Crippen LogP contribution in [0.25, 0.3) is 0 Å². The lowest BCUT2D eigenvalue weighted by Gasteiger charge is -2.14. The minimum atomic E-state index is -0.354. The van der Waals surface area contributed by atoms with Crippen LogP contribution in [0.4, 0.5) is 10.1 Å². The molecule has 4 nitrogen and oxygen atoms in total. The Morgan fingerprint density at radius 2 is 2.00 bits per heavy atom. The topological polar surface area (TPSA) is 56.1 Å². The molecule has 2 rings (SSSR count). The van der Waals surface area contributed by atoms with Crippen LogP contribution in [-0.4, -0.2) is 24.9 Å². The van der Waals surface area contributed by atoms with Gasteiger partial charge in [-0.3, -0.25) is 4.79 Å². The Balaban J connectivity index is 2.15. The van der Waals surface area contributed by atoms with E-state index in [1.807, 2.05) is 19.1 Å². The highest BCUT2D eigenvalue weighted by Gasteiger charge is 2.11. The van der Waals surface area contributed by atoms with Crippen molar-refractivity contribution in [3.05, 3.63) is 64.5 Å². The summed E-state index contributed by atoms with van der Waals surface area (Å²) in [5.41, 5.74) is 3.12. The molecule has 0 bridgehead atoms. The number of carbonyl (C=O) groups is 1. The van der Waals surface area contributed by atoms with Crippen molar-refractivity contribution in [2.24, 2.45) is 0 Å². The molecule has 0 heterocycles. The zero-order chi connectivity index (χ0) is 17.0. The zero-order valence-electron chi connectivity index (χ0n) is 13.4. The fourth-order valence-corrected chi connectivity index (χ4v) is 2.23. The molecule has 0 saturated carbocycles. The molecule has 0 atom stereocenters. The lowest BCUT2D eigenvalue weighted by molar-refractivity contribution is 0.0827. The van der Waals surface area contributed by atoms with Crippen molar-refractivity contribution in [1.29, 1.82) is 5.26 Å². The molecule has 0 aliphatic carbocycles. The first-order chi connectivity index (χ1) is 10.9. The quantitative estimate of drug-likeness (QED) is 0.942. The second-order valence-electron chi connectivity index (χ2n) is 5.50. The molecule has 1 amide bonds. The minimum absolute atomic E-state index is 0.0539. The summed E-state index contributed by atoms with van der Waals surface area (Å²) in [4.78, 5) is 13.5. The van der Waals surface area contributed by atoms with Crippen LogP contribution in [0.5, 0.6) is 0 Å². The van der Waals surface area contributed by atoms with Crippen LogP contribution in [0.1, 0.15) is 27.0 Å². The Morgan fingerprint density at radius 1 is 1.26 bits per heavy atom. The number of nitrogens with one attached hydrogen (secondary N) is 1. The Labute approximate surface area is 135 Å². The lowest BCUT2D eigenvalue weighted by atomic mass is 10.1. The highest BCUT2D eigenvalue weighted by atomic mass is 19.1. The van der Waals surface area contributed by atoms with E-state index in [9.17, 15) is 9.18 Å². The van der Waals surface area contributed by atoms with E-state index in [0.29, 0.717) is 16.7 Å². The summed E-state index contributed by atoms with van der Waals surface area (Å²) in [7, 11) is 3.41. The van der Waals surface area contributed by atoms with Crippen LogP contribution >= 0.6 is 0 Å². The van der Waals surface area contributed by atoms with Crippen molar-refractivity contribution >= 4 is 11.6 Å². The molecule has 0 aromatic heterocycles. The Morgan fingerprint density at radius 3 is 2.61 bits per heavy atom. The number of nitrogens with zero attached hydrogens (tertiary/aromatic N) is 2. The Bertz CT molecular complexity index is 778. The fraction of sp³-hybridized carbons (Fsp3) is 0.222. The molecule has 0 saturated heterocycles. The number of benzene rings is 2. The van der Waals surface area contributed by atoms with Crippen molar-refractivity contribution in [1.82, 2.24) is 4.90 Å². The van der Waals surface area contributed by atoms with Gasteiger partial charge in [-0.05, 0) is 48.9 Å². The number of halogens is 1. The number of hydrogen-bond donors (Lipinski definition) is 1. The number of nitriles is 1. The van der Waals surface area contributed by atoms with Gasteiger partial charge >= 0.3 is 0 Å².